The summed E-state index contributed by atoms with van der Waals surface area (Å²) in [5.74, 6) is 0.684. The van der Waals surface area contributed by atoms with Crippen LogP contribution in [0.3, 0.4) is 0 Å². The van der Waals surface area contributed by atoms with Crippen LogP contribution in [0.5, 0.6) is 0 Å². The largest absolute Gasteiger partial charge is 0.456 e. The van der Waals surface area contributed by atoms with Gasteiger partial charge in [0, 0.05) is 32.9 Å². The second kappa shape index (κ2) is 13.9. The molecule has 0 amide bonds. The summed E-state index contributed by atoms with van der Waals surface area (Å²) < 4.78 is 6.41. The van der Waals surface area contributed by atoms with Crippen molar-refractivity contribution < 1.29 is 4.42 Å². The van der Waals surface area contributed by atoms with Crippen molar-refractivity contribution in [2.75, 3.05) is 0 Å². The molecule has 0 fully saturated rings. The van der Waals surface area contributed by atoms with Crippen LogP contribution in [0.15, 0.2) is 217 Å². The zero-order chi connectivity index (χ0) is 40.5. The highest BCUT2D eigenvalue weighted by Crippen LogP contribution is 2.53. The van der Waals surface area contributed by atoms with Crippen molar-refractivity contribution in [3.05, 3.63) is 229 Å². The molecule has 1 aliphatic rings. The van der Waals surface area contributed by atoms with E-state index in [2.05, 4.69) is 201 Å². The van der Waals surface area contributed by atoms with E-state index in [0.29, 0.717) is 5.82 Å². The molecule has 0 saturated heterocycles. The molecule has 2 heterocycles. The van der Waals surface area contributed by atoms with Crippen molar-refractivity contribution in [3.63, 3.8) is 0 Å². The fraction of sp³-hybridized carbons (Fsp3) is 0.0345. The minimum absolute atomic E-state index is 0.329. The van der Waals surface area contributed by atoms with Crippen molar-refractivity contribution in [2.45, 2.75) is 12.3 Å². The summed E-state index contributed by atoms with van der Waals surface area (Å²) in [6, 6.07) is 75.9. The summed E-state index contributed by atoms with van der Waals surface area (Å²) in [5.41, 5.74) is 17.0. The molecule has 0 radical (unpaired) electrons. The maximum atomic E-state index is 6.41. The monoisotopic (exact) mass is 778 g/mol. The van der Waals surface area contributed by atoms with Gasteiger partial charge in [-0.25, -0.2) is 9.97 Å². The number of rotatable bonds is 6. The number of para-hydroxylation sites is 1. The predicted molar refractivity (Wildman–Crippen MR) is 251 cm³/mol. The minimum atomic E-state index is -0.329. The highest BCUT2D eigenvalue weighted by Gasteiger charge is 2.40. The number of fused-ring (bicyclic) bond motifs is 7. The molecular weight excluding hydrogens is 741 g/mol. The van der Waals surface area contributed by atoms with Crippen LogP contribution in [0.25, 0.3) is 100.0 Å². The van der Waals surface area contributed by atoms with Crippen molar-refractivity contribution in [2.24, 2.45) is 0 Å². The number of hydrogen-bond donors (Lipinski definition) is 0. The molecule has 3 heteroatoms. The van der Waals surface area contributed by atoms with Gasteiger partial charge in [-0.3, -0.25) is 0 Å². The van der Waals surface area contributed by atoms with Gasteiger partial charge >= 0.3 is 0 Å². The number of nitrogens with zero attached hydrogens (tertiary/aromatic N) is 2. The molecule has 1 aliphatic carbocycles. The lowest BCUT2D eigenvalue weighted by Gasteiger charge is -2.28. The summed E-state index contributed by atoms with van der Waals surface area (Å²) >= 11 is 0. The number of hydrogen-bond acceptors (Lipinski definition) is 3. The highest BCUT2D eigenvalue weighted by molar-refractivity contribution is 6.06. The lowest BCUT2D eigenvalue weighted by Crippen LogP contribution is -2.22. The van der Waals surface area contributed by atoms with Crippen LogP contribution in [-0.4, -0.2) is 9.97 Å². The summed E-state index contributed by atoms with van der Waals surface area (Å²) in [7, 11) is 0. The van der Waals surface area contributed by atoms with Crippen LogP contribution >= 0.6 is 0 Å². The molecule has 286 valence electrons. The van der Waals surface area contributed by atoms with E-state index in [0.717, 1.165) is 66.7 Å². The highest BCUT2D eigenvalue weighted by atomic mass is 16.3. The Hall–Kier alpha value is -7.88. The van der Waals surface area contributed by atoms with Gasteiger partial charge in [-0.05, 0) is 116 Å². The molecule has 0 aliphatic heterocycles. The number of furan rings is 1. The molecule has 61 heavy (non-hydrogen) atoms. The molecule has 0 bridgehead atoms. The molecule has 9 aromatic carbocycles. The van der Waals surface area contributed by atoms with Crippen LogP contribution in [-0.2, 0) is 5.41 Å². The van der Waals surface area contributed by atoms with E-state index < -0.39 is 0 Å². The predicted octanol–water partition coefficient (Wildman–Crippen LogP) is 15.2. The maximum absolute atomic E-state index is 6.41. The van der Waals surface area contributed by atoms with Crippen LogP contribution < -0.4 is 0 Å². The fourth-order valence-corrected chi connectivity index (χ4v) is 9.67. The number of aromatic nitrogens is 2. The molecule has 2 aromatic heterocycles. The molecule has 1 unspecified atom stereocenters. The molecule has 3 nitrogen and oxygen atoms in total. The standard InChI is InChI=1S/C58H38N2O/c1-58(44-19-6-3-7-20-44)51-25-12-10-22-47(51)48-29-28-40(34-52(48)58)53-36-54(60-57(59-53)38-16-4-2-5-17-38)43-32-41(31-42(33-43)46-24-14-18-37-15-8-9-21-45(37)46)39-27-30-50-49-23-11-13-26-55(49)61-56(50)35-39/h2-36H,1H3. The Balaban J connectivity index is 1.08. The average molecular weight is 779 g/mol. The van der Waals surface area contributed by atoms with Gasteiger partial charge in [0.15, 0.2) is 5.82 Å². The second-order valence-electron chi connectivity index (χ2n) is 16.3. The minimum Gasteiger partial charge on any atom is -0.456 e. The van der Waals surface area contributed by atoms with Crippen LogP contribution in [0.2, 0.25) is 0 Å². The molecule has 11 aromatic rings. The van der Waals surface area contributed by atoms with Crippen LogP contribution in [0, 0.1) is 0 Å². The molecule has 0 spiro atoms. The summed E-state index contributed by atoms with van der Waals surface area (Å²) in [4.78, 5) is 10.7. The molecule has 12 rings (SSSR count). The maximum Gasteiger partial charge on any atom is 0.160 e. The van der Waals surface area contributed by atoms with Gasteiger partial charge in [-0.1, -0.05) is 164 Å². The smallest absolute Gasteiger partial charge is 0.160 e. The third-order valence-corrected chi connectivity index (χ3v) is 12.8. The zero-order valence-electron chi connectivity index (χ0n) is 33.5. The van der Waals surface area contributed by atoms with E-state index in [1.807, 2.05) is 18.2 Å². The fourth-order valence-electron chi connectivity index (χ4n) is 9.67. The Morgan fingerprint density at radius 3 is 1.85 bits per heavy atom. The van der Waals surface area contributed by atoms with E-state index >= 15 is 0 Å². The van der Waals surface area contributed by atoms with Gasteiger partial charge in [0.05, 0.1) is 11.4 Å². The van der Waals surface area contributed by atoms with E-state index in [-0.39, 0.29) is 5.41 Å². The first-order valence-electron chi connectivity index (χ1n) is 20.9. The third-order valence-electron chi connectivity index (χ3n) is 12.8. The Bertz CT molecular complexity index is 3490. The van der Waals surface area contributed by atoms with Crippen molar-refractivity contribution in [1.82, 2.24) is 9.97 Å². The third kappa shape index (κ3) is 5.73. The number of benzene rings is 9. The zero-order valence-corrected chi connectivity index (χ0v) is 33.5. The summed E-state index contributed by atoms with van der Waals surface area (Å²) in [5, 5.41) is 4.64. The topological polar surface area (TPSA) is 38.9 Å². The summed E-state index contributed by atoms with van der Waals surface area (Å²) in [6.45, 7) is 2.36. The Morgan fingerprint density at radius 1 is 0.361 bits per heavy atom. The SMILES string of the molecule is CC1(c2ccccc2)c2ccccc2-c2ccc(-c3cc(-c4cc(-c5ccc6c(c5)oc5ccccc56)cc(-c5cccc6ccccc56)c4)nc(-c4ccccc4)n3)cc21. The second-order valence-corrected chi connectivity index (χ2v) is 16.3. The Kier molecular flexibility index (Phi) is 7.98. The van der Waals surface area contributed by atoms with Gasteiger partial charge < -0.3 is 4.42 Å². The van der Waals surface area contributed by atoms with Gasteiger partial charge in [0.1, 0.15) is 11.2 Å². The molecule has 0 N–H and O–H groups in total. The average Bonchev–Trinajstić information content (AvgIpc) is 3.84. The van der Waals surface area contributed by atoms with Crippen molar-refractivity contribution in [3.8, 4) is 67.3 Å². The lowest BCUT2D eigenvalue weighted by atomic mass is 9.74. The molecule has 1 atom stereocenters. The van der Waals surface area contributed by atoms with Crippen molar-refractivity contribution in [1.29, 1.82) is 0 Å². The Morgan fingerprint density at radius 2 is 0.984 bits per heavy atom. The lowest BCUT2D eigenvalue weighted by molar-refractivity contribution is 0.669. The van der Waals surface area contributed by atoms with Gasteiger partial charge in [0.2, 0.25) is 0 Å². The van der Waals surface area contributed by atoms with Crippen molar-refractivity contribution >= 4 is 32.7 Å². The van der Waals surface area contributed by atoms with E-state index in [1.54, 1.807) is 0 Å². The first-order valence-corrected chi connectivity index (χ1v) is 20.9. The quantitative estimate of drug-likeness (QED) is 0.169. The van der Waals surface area contributed by atoms with Gasteiger partial charge in [0.25, 0.3) is 0 Å². The van der Waals surface area contributed by atoms with E-state index in [4.69, 9.17) is 14.4 Å². The molecular formula is C58H38N2O. The van der Waals surface area contributed by atoms with Gasteiger partial charge in [-0.2, -0.15) is 0 Å². The van der Waals surface area contributed by atoms with Crippen LogP contribution in [0.1, 0.15) is 23.6 Å². The van der Waals surface area contributed by atoms with E-state index in [9.17, 15) is 0 Å². The molecule has 0 saturated carbocycles. The van der Waals surface area contributed by atoms with Gasteiger partial charge in [-0.15, -0.1) is 0 Å². The first kappa shape index (κ1) is 35.1. The summed E-state index contributed by atoms with van der Waals surface area (Å²) in [6.07, 6.45) is 0. The van der Waals surface area contributed by atoms with Crippen LogP contribution in [0.4, 0.5) is 0 Å². The Labute approximate surface area is 354 Å². The first-order chi connectivity index (χ1) is 30.1. The normalized spacial score (nSPS) is 14.4. The van der Waals surface area contributed by atoms with E-state index in [1.165, 1.54) is 44.2 Å².